The van der Waals surface area contributed by atoms with Crippen LogP contribution in [0.1, 0.15) is 44.2 Å². The second-order valence-electron chi connectivity index (χ2n) is 12.4. The summed E-state index contributed by atoms with van der Waals surface area (Å²) >= 11 is 2.37. The molecule has 3 heterocycles. The minimum absolute atomic E-state index is 0.0338. The topological polar surface area (TPSA) is 113 Å². The maximum Gasteiger partial charge on any atom is 0.411 e. The molecule has 2 amide bonds. The fraction of sp³-hybridized carbons (Fsp3) is 0.412. The number of rotatable bonds is 10. The molecule has 5 unspecified atom stereocenters. The van der Waals surface area contributed by atoms with E-state index >= 15 is 0 Å². The van der Waals surface area contributed by atoms with Crippen LogP contribution in [0.4, 0.5) is 16.2 Å². The van der Waals surface area contributed by atoms with E-state index in [9.17, 15) is 14.7 Å². The molecule has 0 spiro atoms. The smallest absolute Gasteiger partial charge is 0.411 e. The molecule has 5 atom stereocenters. The molecule has 2 bridgehead atoms. The number of carbonyl (C=O) groups is 2. The highest BCUT2D eigenvalue weighted by Gasteiger charge is 2.70. The number of nitrogens with one attached hydrogen (secondary N) is 2. The summed E-state index contributed by atoms with van der Waals surface area (Å²) in [5, 5.41) is 15.3. The summed E-state index contributed by atoms with van der Waals surface area (Å²) in [4.78, 5) is 26.1. The van der Waals surface area contributed by atoms with Gasteiger partial charge in [-0.2, -0.15) is 0 Å². The monoisotopic (exact) mass is 711 g/mol. The minimum atomic E-state index is -0.479. The van der Waals surface area contributed by atoms with Gasteiger partial charge in [-0.3, -0.25) is 10.1 Å². The lowest BCUT2D eigenvalue weighted by Gasteiger charge is -2.46. The Morgan fingerprint density at radius 2 is 1.80 bits per heavy atom. The van der Waals surface area contributed by atoms with Gasteiger partial charge in [-0.15, -0.1) is 0 Å². The lowest BCUT2D eigenvalue weighted by Crippen LogP contribution is -2.56. The number of epoxide rings is 1. The first-order valence-corrected chi connectivity index (χ1v) is 16.0. The third kappa shape index (κ3) is 6.30. The Morgan fingerprint density at radius 1 is 1.02 bits per heavy atom. The van der Waals surface area contributed by atoms with E-state index in [-0.39, 0.29) is 42.3 Å². The number of amides is 2. The number of benzene rings is 3. The van der Waals surface area contributed by atoms with Crippen molar-refractivity contribution in [1.82, 2.24) is 3.11 Å². The summed E-state index contributed by atoms with van der Waals surface area (Å²) in [6, 6.07) is 21.5. The molecular weight excluding hydrogens is 673 g/mol. The fourth-order valence-electron chi connectivity index (χ4n) is 6.75. The Balaban J connectivity index is 1.12. The summed E-state index contributed by atoms with van der Waals surface area (Å²) in [7, 11) is 1.53. The number of halogens is 1. The number of aliphatic hydroxyl groups is 1. The van der Waals surface area contributed by atoms with Gasteiger partial charge in [-0.1, -0.05) is 62.4 Å². The highest BCUT2D eigenvalue weighted by Crippen LogP contribution is 2.57. The van der Waals surface area contributed by atoms with E-state index in [0.29, 0.717) is 48.0 Å². The number of aryl methyl sites for hydroxylation is 1. The Kier molecular flexibility index (Phi) is 8.87. The number of nitrogens with zero attached hydrogens (tertiary/aromatic N) is 1. The number of hydrogen-bond donors (Lipinski definition) is 3. The van der Waals surface area contributed by atoms with Crippen molar-refractivity contribution < 1.29 is 28.9 Å². The standard InChI is InChI=1S/C34H38IN3O6/c1-34(2)18-27(29-30-31(44-30)32(34)38(29)35)43-33(41)37-25-16-20(12-14-23(25)22-9-5-4-6-10-22)8-7-11-28(40)36-24-15-13-21(19-39)17-26(24)42-3/h4-6,9-10,12-17,27,29-32,39H,7-8,11,18-19H2,1-3H3,(H,36,40)(H,37,41). The second kappa shape index (κ2) is 12.7. The Hall–Kier alpha value is -3.19. The van der Waals surface area contributed by atoms with Gasteiger partial charge in [0, 0.05) is 34.8 Å². The van der Waals surface area contributed by atoms with Crippen LogP contribution >= 0.6 is 22.9 Å². The minimum Gasteiger partial charge on any atom is -0.495 e. The molecule has 3 aliphatic heterocycles. The number of methoxy groups -OCH3 is 1. The molecule has 10 heteroatoms. The van der Waals surface area contributed by atoms with E-state index in [0.717, 1.165) is 23.1 Å². The van der Waals surface area contributed by atoms with Crippen LogP contribution in [0.2, 0.25) is 0 Å². The van der Waals surface area contributed by atoms with Gasteiger partial charge in [0.05, 0.1) is 37.2 Å². The van der Waals surface area contributed by atoms with E-state index in [1.54, 1.807) is 18.2 Å². The molecule has 0 aromatic heterocycles. The molecule has 232 valence electrons. The number of anilines is 2. The average Bonchev–Trinajstić information content (AvgIpc) is 3.71. The maximum atomic E-state index is 13.4. The van der Waals surface area contributed by atoms with Gasteiger partial charge in [-0.25, -0.2) is 7.91 Å². The number of fused-ring (bicyclic) bond motifs is 5. The molecule has 9 nitrogen and oxygen atoms in total. The highest BCUT2D eigenvalue weighted by molar-refractivity contribution is 14.1. The quantitative estimate of drug-likeness (QED) is 0.128. The van der Waals surface area contributed by atoms with Crippen LogP contribution in [-0.2, 0) is 27.3 Å². The number of morpholine rings is 1. The van der Waals surface area contributed by atoms with Crippen LogP contribution in [0.15, 0.2) is 66.7 Å². The molecule has 0 aliphatic carbocycles. The van der Waals surface area contributed by atoms with Crippen molar-refractivity contribution in [2.45, 2.75) is 76.5 Å². The molecule has 3 aromatic carbocycles. The van der Waals surface area contributed by atoms with Gasteiger partial charge in [0.2, 0.25) is 5.91 Å². The fourth-order valence-corrected chi connectivity index (χ4v) is 8.50. The van der Waals surface area contributed by atoms with Crippen LogP contribution in [0, 0.1) is 5.41 Å². The van der Waals surface area contributed by atoms with E-state index < -0.39 is 6.09 Å². The first-order valence-electron chi connectivity index (χ1n) is 15.0. The summed E-state index contributed by atoms with van der Waals surface area (Å²) < 4.78 is 19.7. The Morgan fingerprint density at radius 3 is 2.55 bits per heavy atom. The first kappa shape index (κ1) is 30.8. The van der Waals surface area contributed by atoms with Crippen molar-refractivity contribution in [3.05, 3.63) is 77.9 Å². The predicted octanol–water partition coefficient (Wildman–Crippen LogP) is 6.33. The number of ether oxygens (including phenoxy) is 3. The van der Waals surface area contributed by atoms with Crippen LogP contribution in [0.5, 0.6) is 5.75 Å². The molecule has 3 aliphatic rings. The summed E-state index contributed by atoms with van der Waals surface area (Å²) in [5.41, 5.74) is 4.79. The lowest BCUT2D eigenvalue weighted by atomic mass is 9.77. The van der Waals surface area contributed by atoms with Crippen LogP contribution in [-0.4, -0.2) is 57.7 Å². The van der Waals surface area contributed by atoms with Crippen LogP contribution in [0.3, 0.4) is 0 Å². The second-order valence-corrected chi connectivity index (χ2v) is 13.6. The van der Waals surface area contributed by atoms with Gasteiger partial charge in [0.15, 0.2) is 0 Å². The zero-order chi connectivity index (χ0) is 31.0. The summed E-state index contributed by atoms with van der Waals surface area (Å²) in [6.07, 6.45) is 1.97. The molecule has 3 N–H and O–H groups in total. The van der Waals surface area contributed by atoms with Crippen molar-refractivity contribution in [3.8, 4) is 16.9 Å². The van der Waals surface area contributed by atoms with Gasteiger partial charge in [0.1, 0.15) is 24.1 Å². The molecule has 3 fully saturated rings. The van der Waals surface area contributed by atoms with Crippen molar-refractivity contribution in [3.63, 3.8) is 0 Å². The zero-order valence-corrected chi connectivity index (χ0v) is 27.2. The summed E-state index contributed by atoms with van der Waals surface area (Å²) in [5.74, 6) is 0.378. The molecule has 44 heavy (non-hydrogen) atoms. The van der Waals surface area contributed by atoms with Gasteiger partial charge < -0.3 is 24.6 Å². The number of piperidine rings is 1. The third-order valence-electron chi connectivity index (χ3n) is 8.92. The molecule has 0 saturated carbocycles. The Labute approximate surface area is 271 Å². The van der Waals surface area contributed by atoms with Crippen molar-refractivity contribution in [2.75, 3.05) is 17.7 Å². The molecule has 3 aromatic rings. The average molecular weight is 712 g/mol. The lowest BCUT2D eigenvalue weighted by molar-refractivity contribution is -0.116. The third-order valence-corrected chi connectivity index (χ3v) is 10.2. The molecular formula is C34H38IN3O6. The van der Waals surface area contributed by atoms with E-state index in [4.69, 9.17) is 14.2 Å². The normalized spacial score (nSPS) is 24.7. The van der Waals surface area contributed by atoms with Gasteiger partial charge >= 0.3 is 6.09 Å². The van der Waals surface area contributed by atoms with E-state index in [1.807, 2.05) is 48.5 Å². The first-order chi connectivity index (χ1) is 21.2. The Bertz CT molecular complexity index is 1530. The van der Waals surface area contributed by atoms with Gasteiger partial charge in [0.25, 0.3) is 0 Å². The maximum absolute atomic E-state index is 13.4. The molecule has 3 saturated heterocycles. The van der Waals surface area contributed by atoms with Crippen molar-refractivity contribution >= 4 is 46.2 Å². The van der Waals surface area contributed by atoms with Crippen LogP contribution in [0.25, 0.3) is 11.1 Å². The summed E-state index contributed by atoms with van der Waals surface area (Å²) in [6.45, 7) is 4.34. The predicted molar refractivity (Wildman–Crippen MR) is 177 cm³/mol. The zero-order valence-electron chi connectivity index (χ0n) is 25.1. The largest absolute Gasteiger partial charge is 0.495 e. The van der Waals surface area contributed by atoms with E-state index in [1.165, 1.54) is 7.11 Å². The van der Waals surface area contributed by atoms with E-state index in [2.05, 4.69) is 50.5 Å². The van der Waals surface area contributed by atoms with Crippen molar-refractivity contribution in [2.24, 2.45) is 5.41 Å². The number of carbonyl (C=O) groups excluding carboxylic acids is 2. The molecule has 6 rings (SSSR count). The highest BCUT2D eigenvalue weighted by atomic mass is 127. The molecule has 0 radical (unpaired) electrons. The van der Waals surface area contributed by atoms with Crippen molar-refractivity contribution in [1.29, 1.82) is 0 Å². The SMILES string of the molecule is COc1cc(CO)ccc1NC(=O)CCCc1ccc(-c2ccccc2)c(NC(=O)OC2CC(C)(C)C3C4OC4C2N3I)c1. The van der Waals surface area contributed by atoms with Gasteiger partial charge in [-0.05, 0) is 59.6 Å². The van der Waals surface area contributed by atoms with Crippen LogP contribution < -0.4 is 15.4 Å². The number of aliphatic hydroxyl groups excluding tert-OH is 1. The number of hydrogen-bond acceptors (Lipinski definition) is 7.